The van der Waals surface area contributed by atoms with Gasteiger partial charge in [-0.25, -0.2) is 4.98 Å². The lowest BCUT2D eigenvalue weighted by Gasteiger charge is -2.08. The Labute approximate surface area is 172 Å². The molecule has 0 saturated heterocycles. The molecular formula is C22H18ClN3OS. The van der Waals surface area contributed by atoms with Crippen molar-refractivity contribution < 1.29 is 4.79 Å². The van der Waals surface area contributed by atoms with Crippen molar-refractivity contribution in [1.82, 2.24) is 9.38 Å². The Bertz CT molecular complexity index is 1140. The maximum atomic E-state index is 12.6. The summed E-state index contributed by atoms with van der Waals surface area (Å²) >= 11 is 7.67. The van der Waals surface area contributed by atoms with Gasteiger partial charge in [-0.3, -0.25) is 9.20 Å². The maximum absolute atomic E-state index is 12.6. The molecule has 2 aromatic carbocycles. The van der Waals surface area contributed by atoms with Gasteiger partial charge in [-0.1, -0.05) is 41.9 Å². The second kappa shape index (κ2) is 8.09. The lowest BCUT2D eigenvalue weighted by molar-refractivity contribution is -0.113. The second-order valence-electron chi connectivity index (χ2n) is 6.40. The van der Waals surface area contributed by atoms with E-state index in [1.165, 1.54) is 11.8 Å². The topological polar surface area (TPSA) is 46.4 Å². The molecule has 0 fully saturated rings. The fraction of sp³-hybridized carbons (Fsp3) is 0.0909. The van der Waals surface area contributed by atoms with Crippen LogP contribution in [0, 0.1) is 6.92 Å². The van der Waals surface area contributed by atoms with Gasteiger partial charge in [0, 0.05) is 21.7 Å². The fourth-order valence-electron chi connectivity index (χ4n) is 2.94. The number of thioether (sulfide) groups is 1. The van der Waals surface area contributed by atoms with Crippen LogP contribution in [0.5, 0.6) is 0 Å². The summed E-state index contributed by atoms with van der Waals surface area (Å²) in [5, 5.41) is 3.67. The predicted molar refractivity (Wildman–Crippen MR) is 116 cm³/mol. The van der Waals surface area contributed by atoms with Gasteiger partial charge < -0.3 is 5.32 Å². The highest BCUT2D eigenvalue weighted by atomic mass is 35.5. The molecule has 2 aromatic heterocycles. The van der Waals surface area contributed by atoms with Crippen LogP contribution in [-0.4, -0.2) is 21.0 Å². The van der Waals surface area contributed by atoms with Crippen LogP contribution in [0.3, 0.4) is 0 Å². The lowest BCUT2D eigenvalue weighted by atomic mass is 10.1. The number of rotatable bonds is 5. The van der Waals surface area contributed by atoms with Crippen molar-refractivity contribution in [2.75, 3.05) is 11.1 Å². The molecule has 6 heteroatoms. The van der Waals surface area contributed by atoms with Gasteiger partial charge in [0.25, 0.3) is 0 Å². The number of fused-ring (bicyclic) bond motifs is 1. The standard InChI is InChI=1S/C22H18ClN3OS/c1-15-10-11-26-19(12-15)24-21(16-6-5-7-17(23)13-16)22(26)25-20(27)14-28-18-8-3-2-4-9-18/h2-13H,14H2,1H3,(H,25,27). The first kappa shape index (κ1) is 18.6. The van der Waals surface area contributed by atoms with Gasteiger partial charge in [0.2, 0.25) is 5.91 Å². The molecule has 0 spiro atoms. The molecule has 0 aliphatic heterocycles. The van der Waals surface area contributed by atoms with Gasteiger partial charge in [-0.2, -0.15) is 0 Å². The van der Waals surface area contributed by atoms with Crippen molar-refractivity contribution in [2.45, 2.75) is 11.8 Å². The number of halogens is 1. The molecule has 0 bridgehead atoms. The van der Waals surface area contributed by atoms with Gasteiger partial charge in [0.15, 0.2) is 0 Å². The Morgan fingerprint density at radius 2 is 1.93 bits per heavy atom. The molecule has 0 atom stereocenters. The Morgan fingerprint density at radius 1 is 1.11 bits per heavy atom. The first-order chi connectivity index (χ1) is 13.6. The third-order valence-electron chi connectivity index (χ3n) is 4.25. The molecule has 1 amide bonds. The number of nitrogens with one attached hydrogen (secondary N) is 1. The Balaban J connectivity index is 1.66. The number of carbonyl (C=O) groups excluding carboxylic acids is 1. The van der Waals surface area contributed by atoms with E-state index >= 15 is 0 Å². The first-order valence-corrected chi connectivity index (χ1v) is 10.2. The number of imidazole rings is 1. The molecule has 0 aliphatic rings. The van der Waals surface area contributed by atoms with Gasteiger partial charge in [-0.15, -0.1) is 11.8 Å². The van der Waals surface area contributed by atoms with E-state index in [4.69, 9.17) is 16.6 Å². The van der Waals surface area contributed by atoms with Crippen molar-refractivity contribution >= 4 is 40.7 Å². The first-order valence-electron chi connectivity index (χ1n) is 8.82. The minimum atomic E-state index is -0.0838. The summed E-state index contributed by atoms with van der Waals surface area (Å²) in [7, 11) is 0. The van der Waals surface area contributed by atoms with Crippen molar-refractivity contribution in [3.8, 4) is 11.3 Å². The van der Waals surface area contributed by atoms with E-state index in [9.17, 15) is 4.79 Å². The minimum absolute atomic E-state index is 0.0838. The van der Waals surface area contributed by atoms with Crippen LogP contribution in [0.2, 0.25) is 5.02 Å². The molecule has 140 valence electrons. The predicted octanol–water partition coefficient (Wildman–Crippen LogP) is 5.69. The van der Waals surface area contributed by atoms with E-state index < -0.39 is 0 Å². The number of benzene rings is 2. The Morgan fingerprint density at radius 3 is 2.71 bits per heavy atom. The summed E-state index contributed by atoms with van der Waals surface area (Å²) in [6.45, 7) is 2.02. The van der Waals surface area contributed by atoms with E-state index in [1.807, 2.05) is 84.3 Å². The van der Waals surface area contributed by atoms with E-state index in [1.54, 1.807) is 0 Å². The molecule has 0 aliphatic carbocycles. The molecule has 2 heterocycles. The van der Waals surface area contributed by atoms with E-state index in [0.29, 0.717) is 22.3 Å². The SMILES string of the molecule is Cc1ccn2c(NC(=O)CSc3ccccc3)c(-c3cccc(Cl)c3)nc2c1. The highest BCUT2D eigenvalue weighted by Gasteiger charge is 2.17. The van der Waals surface area contributed by atoms with Crippen molar-refractivity contribution in [1.29, 1.82) is 0 Å². The van der Waals surface area contributed by atoms with Crippen molar-refractivity contribution in [3.63, 3.8) is 0 Å². The number of hydrogen-bond donors (Lipinski definition) is 1. The highest BCUT2D eigenvalue weighted by molar-refractivity contribution is 8.00. The molecule has 4 aromatic rings. The normalized spacial score (nSPS) is 10.9. The summed E-state index contributed by atoms with van der Waals surface area (Å²) in [4.78, 5) is 18.4. The number of anilines is 1. The third-order valence-corrected chi connectivity index (χ3v) is 5.50. The number of aromatic nitrogens is 2. The van der Waals surface area contributed by atoms with Gasteiger partial charge in [-0.05, 0) is 48.9 Å². The zero-order valence-electron chi connectivity index (χ0n) is 15.2. The zero-order valence-corrected chi connectivity index (χ0v) is 16.8. The van der Waals surface area contributed by atoms with Gasteiger partial charge >= 0.3 is 0 Å². The molecule has 28 heavy (non-hydrogen) atoms. The minimum Gasteiger partial charge on any atom is -0.309 e. The van der Waals surface area contributed by atoms with Crippen LogP contribution in [0.4, 0.5) is 5.82 Å². The fourth-order valence-corrected chi connectivity index (χ4v) is 3.85. The summed E-state index contributed by atoms with van der Waals surface area (Å²) in [6.07, 6.45) is 1.92. The van der Waals surface area contributed by atoms with Crippen LogP contribution >= 0.6 is 23.4 Å². The molecule has 0 unspecified atom stereocenters. The van der Waals surface area contributed by atoms with Crippen LogP contribution in [0.1, 0.15) is 5.56 Å². The van der Waals surface area contributed by atoms with Crippen LogP contribution < -0.4 is 5.32 Å². The zero-order chi connectivity index (χ0) is 19.5. The number of carbonyl (C=O) groups is 1. The number of pyridine rings is 1. The van der Waals surface area contributed by atoms with E-state index in [0.717, 1.165) is 21.7 Å². The number of nitrogens with zero attached hydrogens (tertiary/aromatic N) is 2. The van der Waals surface area contributed by atoms with E-state index in [2.05, 4.69) is 5.32 Å². The largest absolute Gasteiger partial charge is 0.309 e. The number of aryl methyl sites for hydroxylation is 1. The quantitative estimate of drug-likeness (QED) is 0.432. The molecule has 1 N–H and O–H groups in total. The van der Waals surface area contributed by atoms with Gasteiger partial charge in [0.1, 0.15) is 17.2 Å². The Hall–Kier alpha value is -2.76. The second-order valence-corrected chi connectivity index (χ2v) is 7.89. The van der Waals surface area contributed by atoms with Crippen LogP contribution in [0.25, 0.3) is 16.9 Å². The average Bonchev–Trinajstić information content (AvgIpc) is 3.04. The smallest absolute Gasteiger partial charge is 0.235 e. The average molecular weight is 408 g/mol. The Kier molecular flexibility index (Phi) is 5.37. The van der Waals surface area contributed by atoms with Crippen molar-refractivity contribution in [3.05, 3.63) is 83.5 Å². The summed E-state index contributed by atoms with van der Waals surface area (Å²) < 4.78 is 1.90. The third kappa shape index (κ3) is 4.06. The molecule has 4 nitrogen and oxygen atoms in total. The molecule has 0 radical (unpaired) electrons. The van der Waals surface area contributed by atoms with Crippen LogP contribution in [0.15, 0.2) is 77.8 Å². The van der Waals surface area contributed by atoms with E-state index in [-0.39, 0.29) is 5.91 Å². The lowest BCUT2D eigenvalue weighted by Crippen LogP contribution is -2.16. The molecule has 4 rings (SSSR count). The summed E-state index contributed by atoms with van der Waals surface area (Å²) in [6, 6.07) is 21.3. The van der Waals surface area contributed by atoms with Crippen LogP contribution in [-0.2, 0) is 4.79 Å². The molecular weight excluding hydrogens is 390 g/mol. The number of hydrogen-bond acceptors (Lipinski definition) is 3. The molecule has 0 saturated carbocycles. The monoisotopic (exact) mass is 407 g/mol. The summed E-state index contributed by atoms with van der Waals surface area (Å²) in [5.74, 6) is 0.883. The summed E-state index contributed by atoms with van der Waals surface area (Å²) in [5.41, 5.74) is 3.44. The van der Waals surface area contributed by atoms with Gasteiger partial charge in [0.05, 0.1) is 5.75 Å². The number of amides is 1. The van der Waals surface area contributed by atoms with Crippen molar-refractivity contribution in [2.24, 2.45) is 0 Å². The highest BCUT2D eigenvalue weighted by Crippen LogP contribution is 2.31. The maximum Gasteiger partial charge on any atom is 0.235 e.